The van der Waals surface area contributed by atoms with Crippen LogP contribution in [0.5, 0.6) is 0 Å². The van der Waals surface area contributed by atoms with Crippen molar-refractivity contribution in [2.75, 3.05) is 18.0 Å². The fraction of sp³-hybridized carbons (Fsp3) is 0.333. The monoisotopic (exact) mass is 422 g/mol. The van der Waals surface area contributed by atoms with Gasteiger partial charge in [0, 0.05) is 37.7 Å². The lowest BCUT2D eigenvalue weighted by Crippen LogP contribution is -2.26. The second-order valence-corrected chi connectivity index (χ2v) is 7.54. The smallest absolute Gasteiger partial charge is 0.338 e. The molecule has 1 N–H and O–H groups in total. The summed E-state index contributed by atoms with van der Waals surface area (Å²) in [6.45, 7) is 4.16. The predicted octanol–water partition coefficient (Wildman–Crippen LogP) is 2.92. The third-order valence-corrected chi connectivity index (χ3v) is 5.15. The van der Waals surface area contributed by atoms with E-state index in [1.807, 2.05) is 12.1 Å². The first-order valence-corrected chi connectivity index (χ1v) is 10.3. The molecule has 3 rings (SSSR count). The molecule has 0 aromatic heterocycles. The van der Waals surface area contributed by atoms with Crippen molar-refractivity contribution >= 4 is 29.3 Å². The summed E-state index contributed by atoms with van der Waals surface area (Å²) in [5.41, 5.74) is 2.39. The van der Waals surface area contributed by atoms with Crippen molar-refractivity contribution in [1.82, 2.24) is 5.32 Å². The molecule has 2 aromatic rings. The molecule has 7 nitrogen and oxygen atoms in total. The zero-order valence-corrected chi connectivity index (χ0v) is 17.7. The van der Waals surface area contributed by atoms with Gasteiger partial charge in [0.05, 0.1) is 5.56 Å². The molecule has 0 spiro atoms. The highest BCUT2D eigenvalue weighted by molar-refractivity contribution is 6.02. The molecule has 2 amide bonds. The Kier molecular flexibility index (Phi) is 7.18. The number of nitrogens with one attached hydrogen (secondary N) is 1. The Bertz CT molecular complexity index is 984. The lowest BCUT2D eigenvalue weighted by atomic mass is 10.0. The van der Waals surface area contributed by atoms with Crippen LogP contribution < -0.4 is 10.2 Å². The van der Waals surface area contributed by atoms with E-state index in [0.717, 1.165) is 12.0 Å². The van der Waals surface area contributed by atoms with E-state index in [0.29, 0.717) is 42.7 Å². The molecule has 0 aliphatic carbocycles. The zero-order chi connectivity index (χ0) is 22.4. The highest BCUT2D eigenvalue weighted by Gasteiger charge is 2.24. The maximum atomic E-state index is 12.7. The molecule has 7 heteroatoms. The summed E-state index contributed by atoms with van der Waals surface area (Å²) in [5.74, 6) is -0.955. The van der Waals surface area contributed by atoms with Crippen molar-refractivity contribution in [3.8, 4) is 0 Å². The molecule has 31 heavy (non-hydrogen) atoms. The topological polar surface area (TPSA) is 92.8 Å². The number of carbonyl (C=O) groups excluding carboxylic acids is 4. The van der Waals surface area contributed by atoms with Gasteiger partial charge < -0.3 is 15.0 Å². The van der Waals surface area contributed by atoms with Crippen LogP contribution in [0, 0.1) is 0 Å². The number of Topliss-reactive ketones (excluding diaryl/α,β-unsaturated/α-hetero) is 1. The number of ketones is 1. The minimum atomic E-state index is -0.949. The van der Waals surface area contributed by atoms with E-state index in [1.165, 1.54) is 6.92 Å². The second-order valence-electron chi connectivity index (χ2n) is 7.54. The number of hydrogen-bond donors (Lipinski definition) is 1. The van der Waals surface area contributed by atoms with Crippen molar-refractivity contribution in [3.05, 3.63) is 65.2 Å². The number of carbonyl (C=O) groups is 4. The molecule has 0 radical (unpaired) electrons. The van der Waals surface area contributed by atoms with Gasteiger partial charge in [0.15, 0.2) is 6.10 Å². The molecule has 1 atom stereocenters. The Balaban J connectivity index is 1.60. The minimum Gasteiger partial charge on any atom is -0.451 e. The first-order chi connectivity index (χ1) is 14.8. The normalized spacial score (nSPS) is 14.3. The number of esters is 1. The Morgan fingerprint density at radius 1 is 1.10 bits per heavy atom. The molecule has 0 saturated carbocycles. The third-order valence-electron chi connectivity index (χ3n) is 5.15. The van der Waals surface area contributed by atoms with Crippen molar-refractivity contribution < 1.29 is 23.9 Å². The largest absolute Gasteiger partial charge is 0.451 e. The maximum absolute atomic E-state index is 12.7. The van der Waals surface area contributed by atoms with Crippen LogP contribution in [0.3, 0.4) is 0 Å². The summed E-state index contributed by atoms with van der Waals surface area (Å²) in [5, 5.41) is 2.73. The fourth-order valence-electron chi connectivity index (χ4n) is 3.46. The second kappa shape index (κ2) is 10.0. The predicted molar refractivity (Wildman–Crippen MR) is 116 cm³/mol. The summed E-state index contributed by atoms with van der Waals surface area (Å²) in [7, 11) is 0. The minimum absolute atomic E-state index is 0.0367. The van der Waals surface area contributed by atoms with Gasteiger partial charge in [0.2, 0.25) is 17.6 Å². The number of ether oxygens (including phenoxy) is 1. The van der Waals surface area contributed by atoms with E-state index < -0.39 is 12.1 Å². The highest BCUT2D eigenvalue weighted by Crippen LogP contribution is 2.23. The van der Waals surface area contributed by atoms with Gasteiger partial charge in [0.1, 0.15) is 0 Å². The average Bonchev–Trinajstić information content (AvgIpc) is 3.19. The number of anilines is 1. The summed E-state index contributed by atoms with van der Waals surface area (Å²) in [6, 6.07) is 13.7. The van der Waals surface area contributed by atoms with Gasteiger partial charge in [-0.1, -0.05) is 30.3 Å². The lowest BCUT2D eigenvalue weighted by Gasteiger charge is -2.17. The van der Waals surface area contributed by atoms with Crippen LogP contribution in [0.25, 0.3) is 0 Å². The van der Waals surface area contributed by atoms with Gasteiger partial charge in [-0.15, -0.1) is 0 Å². The number of nitrogens with zero attached hydrogens (tertiary/aromatic N) is 1. The zero-order valence-electron chi connectivity index (χ0n) is 17.7. The van der Waals surface area contributed by atoms with E-state index in [9.17, 15) is 19.2 Å². The molecule has 1 aliphatic heterocycles. The van der Waals surface area contributed by atoms with Gasteiger partial charge in [-0.25, -0.2) is 4.79 Å². The number of benzene rings is 2. The molecule has 2 aromatic carbocycles. The Hall–Kier alpha value is -3.48. The summed E-state index contributed by atoms with van der Waals surface area (Å²) in [4.78, 5) is 49.7. The molecule has 162 valence electrons. The first-order valence-electron chi connectivity index (χ1n) is 10.3. The van der Waals surface area contributed by atoms with Crippen LogP contribution in [0.4, 0.5) is 5.69 Å². The van der Waals surface area contributed by atoms with Gasteiger partial charge in [-0.3, -0.25) is 14.4 Å². The number of rotatable bonds is 8. The van der Waals surface area contributed by atoms with Crippen LogP contribution in [0.2, 0.25) is 0 Å². The van der Waals surface area contributed by atoms with Crippen LogP contribution in [-0.4, -0.2) is 42.8 Å². The molecule has 0 bridgehead atoms. The number of hydrogen-bond acceptors (Lipinski definition) is 5. The fourth-order valence-corrected chi connectivity index (χ4v) is 3.46. The molecule has 1 saturated heterocycles. The molecule has 0 unspecified atom stereocenters. The molecule has 1 fully saturated rings. The van der Waals surface area contributed by atoms with Gasteiger partial charge in [-0.05, 0) is 43.5 Å². The number of amides is 2. The van der Waals surface area contributed by atoms with Crippen LogP contribution in [0.1, 0.15) is 53.0 Å². The van der Waals surface area contributed by atoms with E-state index in [1.54, 1.807) is 48.2 Å². The van der Waals surface area contributed by atoms with Gasteiger partial charge >= 0.3 is 5.97 Å². The molecule has 1 heterocycles. The molecule has 1 aliphatic rings. The van der Waals surface area contributed by atoms with E-state index >= 15 is 0 Å². The summed E-state index contributed by atoms with van der Waals surface area (Å²) in [6.07, 6.45) is 1.01. The van der Waals surface area contributed by atoms with E-state index in [-0.39, 0.29) is 17.6 Å². The van der Waals surface area contributed by atoms with E-state index in [4.69, 9.17) is 4.74 Å². The maximum Gasteiger partial charge on any atom is 0.338 e. The van der Waals surface area contributed by atoms with Crippen molar-refractivity contribution in [2.24, 2.45) is 0 Å². The highest BCUT2D eigenvalue weighted by atomic mass is 16.5. The third kappa shape index (κ3) is 5.78. The Labute approximate surface area is 181 Å². The lowest BCUT2D eigenvalue weighted by molar-refractivity contribution is -0.119. The first kappa shape index (κ1) is 22.2. The Morgan fingerprint density at radius 2 is 1.84 bits per heavy atom. The van der Waals surface area contributed by atoms with Crippen LogP contribution >= 0.6 is 0 Å². The average molecular weight is 422 g/mol. The SMILES string of the molecule is CC(=O)NCCc1ccc(C(=O)[C@@H](C)OC(=O)c2cccc(N3CCCC3=O)c2)cc1. The van der Waals surface area contributed by atoms with E-state index in [2.05, 4.69) is 5.32 Å². The standard InChI is InChI=1S/C24H26N2O5/c1-16(23(29)19-10-8-18(9-11-19)12-13-25-17(2)27)31-24(30)20-5-3-6-21(15-20)26-14-4-7-22(26)28/h3,5-6,8-11,15-16H,4,7,12-14H2,1-2H3,(H,25,27)/t16-/m1/s1. The van der Waals surface area contributed by atoms with Crippen molar-refractivity contribution in [1.29, 1.82) is 0 Å². The van der Waals surface area contributed by atoms with Crippen molar-refractivity contribution in [2.45, 2.75) is 39.2 Å². The van der Waals surface area contributed by atoms with Crippen LogP contribution in [0.15, 0.2) is 48.5 Å². The molecular formula is C24H26N2O5. The van der Waals surface area contributed by atoms with Crippen LogP contribution in [-0.2, 0) is 20.7 Å². The van der Waals surface area contributed by atoms with Crippen molar-refractivity contribution in [3.63, 3.8) is 0 Å². The summed E-state index contributed by atoms with van der Waals surface area (Å²) < 4.78 is 5.38. The van der Waals surface area contributed by atoms with Gasteiger partial charge in [0.25, 0.3) is 0 Å². The Morgan fingerprint density at radius 3 is 2.48 bits per heavy atom. The summed E-state index contributed by atoms with van der Waals surface area (Å²) >= 11 is 0. The van der Waals surface area contributed by atoms with Gasteiger partial charge in [-0.2, -0.15) is 0 Å². The molecular weight excluding hydrogens is 396 g/mol. The quantitative estimate of drug-likeness (QED) is 0.522.